The Morgan fingerprint density at radius 3 is 2.62 bits per heavy atom. The van der Waals surface area contributed by atoms with Crippen LogP contribution in [-0.4, -0.2) is 21.5 Å². The van der Waals surface area contributed by atoms with E-state index in [1.807, 2.05) is 48.1 Å². The van der Waals surface area contributed by atoms with Crippen LogP contribution in [0.3, 0.4) is 0 Å². The molecule has 1 saturated carbocycles. The number of benzene rings is 1. The van der Waals surface area contributed by atoms with Gasteiger partial charge < -0.3 is 19.6 Å². The largest absolute Gasteiger partial charge is 0.455 e. The number of hydrogen-bond donors (Lipinski definition) is 2. The Hall–Kier alpha value is -2.67. The first-order valence-electron chi connectivity index (χ1n) is 10.0. The summed E-state index contributed by atoms with van der Waals surface area (Å²) in [5, 5.41) is 7.39. The van der Waals surface area contributed by atoms with Gasteiger partial charge in [0.2, 0.25) is 0 Å². The fourth-order valence-electron chi connectivity index (χ4n) is 3.53. The lowest BCUT2D eigenvalue weighted by molar-refractivity contribution is 0.0995. The Balaban J connectivity index is 1.29. The minimum Gasteiger partial charge on any atom is -0.455 e. The number of imidazole rings is 1. The molecular formula is C22H26N4O2S. The second-order valence-electron chi connectivity index (χ2n) is 7.39. The standard InChI is InChI=1S/C22H26N4O2S/c1-26-14-13-23-22(26)29-15-19-11-12-20(28-19)21(27)25-18-9-7-17(8-10-18)24-16-5-3-2-4-6-16/h7-14,16,24H,2-6,15H2,1H3,(H,25,27). The lowest BCUT2D eigenvalue weighted by Gasteiger charge is -2.23. The summed E-state index contributed by atoms with van der Waals surface area (Å²) in [5.41, 5.74) is 1.85. The summed E-state index contributed by atoms with van der Waals surface area (Å²) in [6.45, 7) is 0. The molecule has 0 spiro atoms. The molecular weight excluding hydrogens is 384 g/mol. The highest BCUT2D eigenvalue weighted by atomic mass is 32.2. The minimum absolute atomic E-state index is 0.244. The molecule has 3 aromatic rings. The van der Waals surface area contributed by atoms with E-state index in [1.165, 1.54) is 32.1 Å². The topological polar surface area (TPSA) is 72.1 Å². The molecule has 1 aliphatic carbocycles. The number of nitrogens with zero attached hydrogens (tertiary/aromatic N) is 2. The maximum atomic E-state index is 12.5. The van der Waals surface area contributed by atoms with Crippen molar-refractivity contribution in [1.29, 1.82) is 0 Å². The van der Waals surface area contributed by atoms with Crippen LogP contribution < -0.4 is 10.6 Å². The van der Waals surface area contributed by atoms with Crippen LogP contribution in [0, 0.1) is 0 Å². The van der Waals surface area contributed by atoms with Gasteiger partial charge in [-0.2, -0.15) is 0 Å². The van der Waals surface area contributed by atoms with Gasteiger partial charge in [0.1, 0.15) is 5.76 Å². The van der Waals surface area contributed by atoms with Gasteiger partial charge in [0.05, 0.1) is 5.75 Å². The van der Waals surface area contributed by atoms with E-state index < -0.39 is 0 Å². The molecule has 6 nitrogen and oxygen atoms in total. The van der Waals surface area contributed by atoms with Gasteiger partial charge in [-0.05, 0) is 49.2 Å². The van der Waals surface area contributed by atoms with E-state index in [0.29, 0.717) is 17.6 Å². The summed E-state index contributed by atoms with van der Waals surface area (Å²) in [5.74, 6) is 1.44. The van der Waals surface area contributed by atoms with Crippen molar-refractivity contribution in [2.45, 2.75) is 49.1 Å². The summed E-state index contributed by atoms with van der Waals surface area (Å²) in [6, 6.07) is 12.0. The molecule has 1 amide bonds. The number of anilines is 2. The smallest absolute Gasteiger partial charge is 0.291 e. The second kappa shape index (κ2) is 9.22. The normalized spacial score (nSPS) is 14.7. The number of hydrogen-bond acceptors (Lipinski definition) is 5. The fraction of sp³-hybridized carbons (Fsp3) is 0.364. The lowest BCUT2D eigenvalue weighted by Crippen LogP contribution is -2.22. The lowest BCUT2D eigenvalue weighted by atomic mass is 9.95. The minimum atomic E-state index is -0.244. The van der Waals surface area contributed by atoms with Gasteiger partial charge in [-0.25, -0.2) is 4.98 Å². The van der Waals surface area contributed by atoms with Crippen LogP contribution in [0.5, 0.6) is 0 Å². The van der Waals surface area contributed by atoms with Crippen molar-refractivity contribution in [3.8, 4) is 0 Å². The van der Waals surface area contributed by atoms with Crippen molar-refractivity contribution in [1.82, 2.24) is 9.55 Å². The van der Waals surface area contributed by atoms with E-state index in [0.717, 1.165) is 22.3 Å². The molecule has 7 heteroatoms. The van der Waals surface area contributed by atoms with E-state index in [4.69, 9.17) is 4.42 Å². The van der Waals surface area contributed by atoms with Crippen LogP contribution in [0.25, 0.3) is 0 Å². The van der Waals surface area contributed by atoms with E-state index in [-0.39, 0.29) is 5.91 Å². The van der Waals surface area contributed by atoms with Gasteiger partial charge in [-0.3, -0.25) is 4.79 Å². The van der Waals surface area contributed by atoms with E-state index in [2.05, 4.69) is 15.6 Å². The molecule has 1 aliphatic rings. The molecule has 0 radical (unpaired) electrons. The Kier molecular flexibility index (Phi) is 6.24. The molecule has 29 heavy (non-hydrogen) atoms. The first kappa shape index (κ1) is 19.6. The average Bonchev–Trinajstić information content (AvgIpc) is 3.37. The quantitative estimate of drug-likeness (QED) is 0.517. The highest BCUT2D eigenvalue weighted by Gasteiger charge is 2.14. The Morgan fingerprint density at radius 1 is 1.14 bits per heavy atom. The molecule has 0 bridgehead atoms. The summed E-state index contributed by atoms with van der Waals surface area (Å²) in [4.78, 5) is 16.7. The number of aromatic nitrogens is 2. The number of furan rings is 1. The Labute approximate surface area is 175 Å². The first-order valence-corrected chi connectivity index (χ1v) is 11.0. The number of aryl methyl sites for hydroxylation is 1. The number of amides is 1. The third-order valence-electron chi connectivity index (χ3n) is 5.12. The summed E-state index contributed by atoms with van der Waals surface area (Å²) < 4.78 is 7.65. The van der Waals surface area contributed by atoms with Crippen molar-refractivity contribution in [3.63, 3.8) is 0 Å². The third-order valence-corrected chi connectivity index (χ3v) is 6.21. The fourth-order valence-corrected chi connectivity index (χ4v) is 4.36. The van der Waals surface area contributed by atoms with Crippen molar-refractivity contribution >= 4 is 29.0 Å². The van der Waals surface area contributed by atoms with Crippen molar-refractivity contribution in [2.24, 2.45) is 7.05 Å². The maximum Gasteiger partial charge on any atom is 0.291 e. The molecule has 2 aromatic heterocycles. The number of rotatable bonds is 7. The predicted octanol–water partition coefficient (Wildman–Crippen LogP) is 5.30. The average molecular weight is 411 g/mol. The van der Waals surface area contributed by atoms with Gasteiger partial charge >= 0.3 is 0 Å². The Morgan fingerprint density at radius 2 is 1.90 bits per heavy atom. The third kappa shape index (κ3) is 5.23. The summed E-state index contributed by atoms with van der Waals surface area (Å²) in [6.07, 6.45) is 10.1. The molecule has 0 saturated heterocycles. The van der Waals surface area contributed by atoms with Gasteiger partial charge in [0.25, 0.3) is 5.91 Å². The SMILES string of the molecule is Cn1ccnc1SCc1ccc(C(=O)Nc2ccc(NC3CCCCC3)cc2)o1. The molecule has 1 fully saturated rings. The molecule has 4 rings (SSSR count). The molecule has 152 valence electrons. The van der Waals surface area contributed by atoms with Crippen molar-refractivity contribution < 1.29 is 9.21 Å². The highest BCUT2D eigenvalue weighted by molar-refractivity contribution is 7.98. The predicted molar refractivity (Wildman–Crippen MR) is 116 cm³/mol. The highest BCUT2D eigenvalue weighted by Crippen LogP contribution is 2.24. The first-order chi connectivity index (χ1) is 14.2. The van der Waals surface area contributed by atoms with Crippen LogP contribution in [0.2, 0.25) is 0 Å². The zero-order valence-electron chi connectivity index (χ0n) is 16.6. The number of nitrogens with one attached hydrogen (secondary N) is 2. The van der Waals surface area contributed by atoms with E-state index in [9.17, 15) is 4.79 Å². The van der Waals surface area contributed by atoms with Crippen LogP contribution in [0.4, 0.5) is 11.4 Å². The molecule has 2 heterocycles. The molecule has 1 aromatic carbocycles. The molecule has 0 unspecified atom stereocenters. The summed E-state index contributed by atoms with van der Waals surface area (Å²) in [7, 11) is 1.95. The molecule has 0 aliphatic heterocycles. The molecule has 0 atom stereocenters. The van der Waals surface area contributed by atoms with Crippen LogP contribution in [-0.2, 0) is 12.8 Å². The van der Waals surface area contributed by atoms with Gasteiger partial charge in [-0.15, -0.1) is 0 Å². The Bertz CT molecular complexity index is 942. The van der Waals surface area contributed by atoms with Crippen molar-refractivity contribution in [3.05, 3.63) is 60.3 Å². The number of thioether (sulfide) groups is 1. The summed E-state index contributed by atoms with van der Waals surface area (Å²) >= 11 is 1.57. The van der Waals surface area contributed by atoms with E-state index in [1.54, 1.807) is 24.0 Å². The van der Waals surface area contributed by atoms with Gasteiger partial charge in [-0.1, -0.05) is 31.0 Å². The zero-order valence-corrected chi connectivity index (χ0v) is 17.4. The van der Waals surface area contributed by atoms with Gasteiger partial charge in [0, 0.05) is 36.9 Å². The maximum absolute atomic E-state index is 12.5. The van der Waals surface area contributed by atoms with Crippen molar-refractivity contribution in [2.75, 3.05) is 10.6 Å². The van der Waals surface area contributed by atoms with Crippen LogP contribution in [0.1, 0.15) is 48.4 Å². The zero-order chi connectivity index (χ0) is 20.1. The van der Waals surface area contributed by atoms with Crippen LogP contribution >= 0.6 is 11.8 Å². The molecule has 2 N–H and O–H groups in total. The number of carbonyl (C=O) groups excluding carboxylic acids is 1. The monoisotopic (exact) mass is 410 g/mol. The van der Waals surface area contributed by atoms with Crippen LogP contribution in [0.15, 0.2) is 58.4 Å². The van der Waals surface area contributed by atoms with E-state index >= 15 is 0 Å². The number of carbonyl (C=O) groups is 1. The second-order valence-corrected chi connectivity index (χ2v) is 8.33. The van der Waals surface area contributed by atoms with Gasteiger partial charge in [0.15, 0.2) is 10.9 Å².